The molecule has 0 bridgehead atoms. The number of anilines is 1. The number of hydrogen-bond donors (Lipinski definition) is 1. The van der Waals surface area contributed by atoms with Gasteiger partial charge in [0.2, 0.25) is 0 Å². The lowest BCUT2D eigenvalue weighted by molar-refractivity contribution is 0.582. The summed E-state index contributed by atoms with van der Waals surface area (Å²) in [7, 11) is 0. The summed E-state index contributed by atoms with van der Waals surface area (Å²) >= 11 is 0. The highest BCUT2D eigenvalue weighted by Crippen LogP contribution is 1.97. The third-order valence-electron chi connectivity index (χ3n) is 1.77. The van der Waals surface area contributed by atoms with Crippen molar-refractivity contribution in [1.29, 1.82) is 0 Å². The zero-order chi connectivity index (χ0) is 9.97. The molecule has 0 fully saturated rings. The minimum Gasteiger partial charge on any atom is -0.381 e. The average molecular weight is 193 g/mol. The molecular formula is C7H11N7. The summed E-state index contributed by atoms with van der Waals surface area (Å²) in [6, 6.07) is 0. The molecule has 14 heavy (non-hydrogen) atoms. The zero-order valence-electron chi connectivity index (χ0n) is 7.83. The van der Waals surface area contributed by atoms with Crippen LogP contribution in [0.4, 0.5) is 5.82 Å². The molecule has 2 aromatic rings. The average Bonchev–Trinajstić information content (AvgIpc) is 2.76. The SMILES string of the molecule is CCn1cc(Cn2ncc(N)n2)nn1. The molecule has 0 aliphatic heterocycles. The molecule has 0 atom stereocenters. The monoisotopic (exact) mass is 193 g/mol. The first-order chi connectivity index (χ1) is 6.78. The van der Waals surface area contributed by atoms with Crippen LogP contribution in [0.25, 0.3) is 0 Å². The molecule has 0 radical (unpaired) electrons. The molecule has 0 aliphatic rings. The van der Waals surface area contributed by atoms with Crippen LogP contribution in [-0.4, -0.2) is 30.0 Å². The van der Waals surface area contributed by atoms with E-state index < -0.39 is 0 Å². The van der Waals surface area contributed by atoms with Crippen molar-refractivity contribution in [2.24, 2.45) is 0 Å². The van der Waals surface area contributed by atoms with Gasteiger partial charge in [0.05, 0.1) is 12.4 Å². The van der Waals surface area contributed by atoms with E-state index in [1.54, 1.807) is 4.68 Å². The van der Waals surface area contributed by atoms with Gasteiger partial charge in [-0.3, -0.25) is 4.68 Å². The Labute approximate surface area is 80.5 Å². The van der Waals surface area contributed by atoms with Gasteiger partial charge in [-0.2, -0.15) is 9.90 Å². The fraction of sp³-hybridized carbons (Fsp3) is 0.429. The third kappa shape index (κ3) is 1.70. The topological polar surface area (TPSA) is 87.4 Å². The van der Waals surface area contributed by atoms with Crippen molar-refractivity contribution in [3.63, 3.8) is 0 Å². The van der Waals surface area contributed by atoms with E-state index in [1.165, 1.54) is 11.0 Å². The molecule has 0 aromatic carbocycles. The minimum absolute atomic E-state index is 0.410. The molecule has 0 amide bonds. The van der Waals surface area contributed by atoms with Gasteiger partial charge in [-0.25, -0.2) is 0 Å². The minimum atomic E-state index is 0.410. The number of aryl methyl sites for hydroxylation is 1. The van der Waals surface area contributed by atoms with Gasteiger partial charge in [0.1, 0.15) is 12.2 Å². The Bertz CT molecular complexity index is 415. The second-order valence-corrected chi connectivity index (χ2v) is 2.87. The van der Waals surface area contributed by atoms with Gasteiger partial charge in [-0.1, -0.05) is 5.21 Å². The molecule has 7 heteroatoms. The molecule has 2 rings (SSSR count). The summed E-state index contributed by atoms with van der Waals surface area (Å²) in [5.41, 5.74) is 6.25. The summed E-state index contributed by atoms with van der Waals surface area (Å²) in [6.45, 7) is 3.31. The van der Waals surface area contributed by atoms with E-state index in [4.69, 9.17) is 5.73 Å². The first kappa shape index (κ1) is 8.67. The second-order valence-electron chi connectivity index (χ2n) is 2.87. The molecule has 7 nitrogen and oxygen atoms in total. The van der Waals surface area contributed by atoms with Crippen LogP contribution in [0.1, 0.15) is 12.6 Å². The van der Waals surface area contributed by atoms with E-state index in [2.05, 4.69) is 20.5 Å². The summed E-state index contributed by atoms with van der Waals surface area (Å²) in [5, 5.41) is 15.8. The van der Waals surface area contributed by atoms with Crippen molar-refractivity contribution in [3.8, 4) is 0 Å². The van der Waals surface area contributed by atoms with Crippen molar-refractivity contribution in [3.05, 3.63) is 18.1 Å². The Kier molecular flexibility index (Phi) is 2.13. The maximum atomic E-state index is 5.43. The van der Waals surface area contributed by atoms with Crippen molar-refractivity contribution in [1.82, 2.24) is 30.0 Å². The van der Waals surface area contributed by atoms with E-state index >= 15 is 0 Å². The number of nitrogens with two attached hydrogens (primary N) is 1. The Hall–Kier alpha value is -1.92. The fourth-order valence-electron chi connectivity index (χ4n) is 1.10. The Morgan fingerprint density at radius 3 is 2.93 bits per heavy atom. The summed E-state index contributed by atoms with van der Waals surface area (Å²) < 4.78 is 1.75. The van der Waals surface area contributed by atoms with E-state index in [0.717, 1.165) is 12.2 Å². The summed E-state index contributed by atoms with van der Waals surface area (Å²) in [4.78, 5) is 1.49. The largest absolute Gasteiger partial charge is 0.381 e. The maximum Gasteiger partial charge on any atom is 0.165 e. The first-order valence-corrected chi connectivity index (χ1v) is 4.32. The molecule has 2 aromatic heterocycles. The quantitative estimate of drug-likeness (QED) is 0.711. The highest BCUT2D eigenvalue weighted by Gasteiger charge is 2.02. The van der Waals surface area contributed by atoms with Gasteiger partial charge in [-0.15, -0.1) is 10.2 Å². The van der Waals surface area contributed by atoms with Crippen molar-refractivity contribution in [2.45, 2.75) is 20.0 Å². The van der Waals surface area contributed by atoms with Crippen LogP contribution in [-0.2, 0) is 13.1 Å². The van der Waals surface area contributed by atoms with Gasteiger partial charge < -0.3 is 5.73 Å². The van der Waals surface area contributed by atoms with Crippen LogP contribution in [0.3, 0.4) is 0 Å². The van der Waals surface area contributed by atoms with Crippen molar-refractivity contribution >= 4 is 5.82 Å². The molecule has 0 saturated carbocycles. The van der Waals surface area contributed by atoms with Gasteiger partial charge in [0.25, 0.3) is 0 Å². The van der Waals surface area contributed by atoms with E-state index in [-0.39, 0.29) is 0 Å². The van der Waals surface area contributed by atoms with Crippen LogP contribution in [0.2, 0.25) is 0 Å². The van der Waals surface area contributed by atoms with Gasteiger partial charge in [-0.05, 0) is 6.92 Å². The fourth-order valence-corrected chi connectivity index (χ4v) is 1.10. The van der Waals surface area contributed by atoms with Crippen LogP contribution < -0.4 is 5.73 Å². The summed E-state index contributed by atoms with van der Waals surface area (Å²) in [5.74, 6) is 0.410. The van der Waals surface area contributed by atoms with Gasteiger partial charge in [0, 0.05) is 6.54 Å². The number of nitrogen functional groups attached to an aromatic ring is 1. The van der Waals surface area contributed by atoms with Crippen molar-refractivity contribution in [2.75, 3.05) is 5.73 Å². The van der Waals surface area contributed by atoms with Crippen LogP contribution >= 0.6 is 0 Å². The molecule has 0 aliphatic carbocycles. The number of rotatable bonds is 3. The molecule has 2 heterocycles. The molecule has 74 valence electrons. The lowest BCUT2D eigenvalue weighted by atomic mass is 10.5. The Morgan fingerprint density at radius 2 is 2.36 bits per heavy atom. The van der Waals surface area contributed by atoms with Crippen molar-refractivity contribution < 1.29 is 0 Å². The van der Waals surface area contributed by atoms with Gasteiger partial charge in [0.15, 0.2) is 5.82 Å². The Balaban J connectivity index is 2.10. The second kappa shape index (κ2) is 3.44. The predicted molar refractivity (Wildman–Crippen MR) is 49.2 cm³/mol. The maximum absolute atomic E-state index is 5.43. The van der Waals surface area contributed by atoms with Crippen LogP contribution in [0.5, 0.6) is 0 Å². The smallest absolute Gasteiger partial charge is 0.165 e. The third-order valence-corrected chi connectivity index (χ3v) is 1.77. The van der Waals surface area contributed by atoms with Crippen LogP contribution in [0, 0.1) is 0 Å². The highest BCUT2D eigenvalue weighted by atomic mass is 15.5. The zero-order valence-corrected chi connectivity index (χ0v) is 7.83. The summed E-state index contributed by atoms with van der Waals surface area (Å²) in [6.07, 6.45) is 3.36. The normalized spacial score (nSPS) is 10.6. The standard InChI is InChI=1S/C7H11N7/c1-2-13-4-6(10-12-13)5-14-9-3-7(8)11-14/h3-4H,2,5H2,1H3,(H2,8,11). The molecule has 0 unspecified atom stereocenters. The lowest BCUT2D eigenvalue weighted by Gasteiger charge is -1.93. The first-order valence-electron chi connectivity index (χ1n) is 4.32. The van der Waals surface area contributed by atoms with E-state index in [0.29, 0.717) is 12.4 Å². The van der Waals surface area contributed by atoms with Crippen LogP contribution in [0.15, 0.2) is 12.4 Å². The number of hydrogen-bond acceptors (Lipinski definition) is 5. The predicted octanol–water partition coefficient (Wildman–Crippen LogP) is -0.480. The number of aromatic nitrogens is 6. The Morgan fingerprint density at radius 1 is 1.50 bits per heavy atom. The molecule has 2 N–H and O–H groups in total. The highest BCUT2D eigenvalue weighted by molar-refractivity contribution is 5.19. The van der Waals surface area contributed by atoms with Gasteiger partial charge >= 0.3 is 0 Å². The molecule has 0 saturated heterocycles. The number of nitrogens with zero attached hydrogens (tertiary/aromatic N) is 6. The molecule has 0 spiro atoms. The van der Waals surface area contributed by atoms with E-state index in [1.807, 2.05) is 13.1 Å². The molecular weight excluding hydrogens is 182 g/mol. The lowest BCUT2D eigenvalue weighted by Crippen LogP contribution is -2.04. The van der Waals surface area contributed by atoms with E-state index in [9.17, 15) is 0 Å².